The van der Waals surface area contributed by atoms with E-state index in [-0.39, 0.29) is 17.8 Å². The molecule has 1 fully saturated rings. The van der Waals surface area contributed by atoms with Gasteiger partial charge in [-0.3, -0.25) is 4.79 Å². The number of ether oxygens (including phenoxy) is 1. The number of phenols is 1. The van der Waals surface area contributed by atoms with Gasteiger partial charge in [-0.05, 0) is 57.6 Å². The number of rotatable bonds is 5. The number of amides is 1. The first-order valence-electron chi connectivity index (χ1n) is 7.82. The number of piperidine rings is 1. The number of hydrogen-bond acceptors (Lipinski definition) is 4. The van der Waals surface area contributed by atoms with Crippen molar-refractivity contribution in [3.05, 3.63) is 29.3 Å². The molecule has 1 aromatic rings. The number of likely N-dealkylation sites (tertiary alicyclic amines) is 1. The first kappa shape index (κ1) is 16.8. The maximum Gasteiger partial charge on any atom is 0.253 e. The molecule has 1 saturated heterocycles. The van der Waals surface area contributed by atoms with Crippen molar-refractivity contribution in [2.75, 3.05) is 40.3 Å². The van der Waals surface area contributed by atoms with E-state index in [4.69, 9.17) is 4.74 Å². The summed E-state index contributed by atoms with van der Waals surface area (Å²) in [6.45, 7) is 4.92. The molecular formula is C17H26N2O3. The number of nitrogens with zero attached hydrogens (tertiary/aromatic N) is 2. The lowest BCUT2D eigenvalue weighted by Crippen LogP contribution is -2.41. The fraction of sp³-hybridized carbons (Fsp3) is 0.588. The lowest BCUT2D eigenvalue weighted by Gasteiger charge is -2.32. The number of carbonyl (C=O) groups excluding carboxylic acids is 1. The van der Waals surface area contributed by atoms with E-state index >= 15 is 0 Å². The van der Waals surface area contributed by atoms with Gasteiger partial charge in [0, 0.05) is 25.2 Å². The SMILES string of the molecule is Cc1cc(C(=O)N2CCC(OCCN(C)C)CC2)ccc1O. The highest BCUT2D eigenvalue weighted by atomic mass is 16.5. The quantitative estimate of drug-likeness (QED) is 0.902. The number of aromatic hydroxyl groups is 1. The molecule has 122 valence electrons. The molecule has 0 spiro atoms. The number of carbonyl (C=O) groups is 1. The Morgan fingerprint density at radius 2 is 2.05 bits per heavy atom. The summed E-state index contributed by atoms with van der Waals surface area (Å²) in [6.07, 6.45) is 2.03. The summed E-state index contributed by atoms with van der Waals surface area (Å²) in [4.78, 5) is 16.4. The van der Waals surface area contributed by atoms with Gasteiger partial charge in [-0.1, -0.05) is 0 Å². The molecule has 1 heterocycles. The molecule has 1 amide bonds. The summed E-state index contributed by atoms with van der Waals surface area (Å²) in [7, 11) is 4.06. The number of phenolic OH excluding ortho intramolecular Hbond substituents is 1. The van der Waals surface area contributed by atoms with Crippen molar-refractivity contribution in [3.8, 4) is 5.75 Å². The fourth-order valence-electron chi connectivity index (χ4n) is 2.60. The summed E-state index contributed by atoms with van der Waals surface area (Å²) in [6, 6.07) is 5.02. The zero-order valence-corrected chi connectivity index (χ0v) is 13.7. The summed E-state index contributed by atoms with van der Waals surface area (Å²) in [5.74, 6) is 0.263. The summed E-state index contributed by atoms with van der Waals surface area (Å²) < 4.78 is 5.85. The van der Waals surface area contributed by atoms with Gasteiger partial charge < -0.3 is 19.6 Å². The van der Waals surface area contributed by atoms with Crippen molar-refractivity contribution in [1.82, 2.24) is 9.80 Å². The molecule has 1 aliphatic rings. The third-order valence-corrected chi connectivity index (χ3v) is 4.06. The molecule has 5 nitrogen and oxygen atoms in total. The summed E-state index contributed by atoms with van der Waals surface area (Å²) >= 11 is 0. The Balaban J connectivity index is 1.83. The normalized spacial score (nSPS) is 16.3. The highest BCUT2D eigenvalue weighted by molar-refractivity contribution is 5.94. The van der Waals surface area contributed by atoms with Crippen LogP contribution in [0.2, 0.25) is 0 Å². The Kier molecular flexibility index (Phi) is 5.80. The van der Waals surface area contributed by atoms with Gasteiger partial charge in [0.15, 0.2) is 0 Å². The van der Waals surface area contributed by atoms with E-state index in [0.717, 1.165) is 44.6 Å². The fourth-order valence-corrected chi connectivity index (χ4v) is 2.60. The Bertz CT molecular complexity index is 509. The number of hydrogen-bond donors (Lipinski definition) is 1. The van der Waals surface area contributed by atoms with Crippen molar-refractivity contribution in [2.45, 2.75) is 25.9 Å². The first-order valence-corrected chi connectivity index (χ1v) is 7.82. The first-order chi connectivity index (χ1) is 10.5. The Labute approximate surface area is 132 Å². The van der Waals surface area contributed by atoms with Crippen LogP contribution >= 0.6 is 0 Å². The number of aryl methyl sites for hydroxylation is 1. The van der Waals surface area contributed by atoms with E-state index in [1.807, 2.05) is 19.0 Å². The van der Waals surface area contributed by atoms with E-state index in [1.165, 1.54) is 0 Å². The molecule has 0 radical (unpaired) electrons. The standard InChI is InChI=1S/C17H26N2O3/c1-13-12-14(4-5-16(13)20)17(21)19-8-6-15(7-9-19)22-11-10-18(2)3/h4-5,12,15,20H,6-11H2,1-3H3. The molecule has 0 bridgehead atoms. The van der Waals surface area contributed by atoms with Crippen LogP contribution in [0.4, 0.5) is 0 Å². The van der Waals surface area contributed by atoms with Gasteiger partial charge in [0.1, 0.15) is 5.75 Å². The number of benzene rings is 1. The molecule has 2 rings (SSSR count). The molecule has 1 N–H and O–H groups in total. The molecular weight excluding hydrogens is 280 g/mol. The molecule has 0 atom stereocenters. The molecule has 1 aliphatic heterocycles. The second-order valence-electron chi connectivity index (χ2n) is 6.17. The van der Waals surface area contributed by atoms with E-state index < -0.39 is 0 Å². The minimum absolute atomic E-state index is 0.0369. The minimum atomic E-state index is 0.0369. The maximum atomic E-state index is 12.5. The van der Waals surface area contributed by atoms with Crippen LogP contribution in [-0.4, -0.2) is 67.3 Å². The van der Waals surface area contributed by atoms with Crippen molar-refractivity contribution >= 4 is 5.91 Å². The second-order valence-corrected chi connectivity index (χ2v) is 6.17. The lowest BCUT2D eigenvalue weighted by molar-refractivity contribution is 0.00393. The third-order valence-electron chi connectivity index (χ3n) is 4.06. The predicted molar refractivity (Wildman–Crippen MR) is 86.3 cm³/mol. The average Bonchev–Trinajstić information content (AvgIpc) is 2.50. The van der Waals surface area contributed by atoms with Crippen LogP contribution in [0.1, 0.15) is 28.8 Å². The van der Waals surface area contributed by atoms with E-state index in [9.17, 15) is 9.90 Å². The average molecular weight is 306 g/mol. The molecule has 1 aromatic carbocycles. The largest absolute Gasteiger partial charge is 0.508 e. The zero-order valence-electron chi connectivity index (χ0n) is 13.7. The smallest absolute Gasteiger partial charge is 0.253 e. The third kappa shape index (κ3) is 4.45. The lowest BCUT2D eigenvalue weighted by atomic mass is 10.0. The van der Waals surface area contributed by atoms with Crippen LogP contribution in [0, 0.1) is 6.92 Å². The van der Waals surface area contributed by atoms with Crippen LogP contribution in [0.3, 0.4) is 0 Å². The van der Waals surface area contributed by atoms with E-state index in [1.54, 1.807) is 25.1 Å². The number of likely N-dealkylation sites (N-methyl/N-ethyl adjacent to an activating group) is 1. The Hall–Kier alpha value is -1.59. The molecule has 0 saturated carbocycles. The minimum Gasteiger partial charge on any atom is -0.508 e. The zero-order chi connectivity index (χ0) is 16.1. The van der Waals surface area contributed by atoms with Crippen molar-refractivity contribution in [1.29, 1.82) is 0 Å². The monoisotopic (exact) mass is 306 g/mol. The highest BCUT2D eigenvalue weighted by Gasteiger charge is 2.24. The molecule has 5 heteroatoms. The second kappa shape index (κ2) is 7.61. The van der Waals surface area contributed by atoms with Crippen molar-refractivity contribution in [2.24, 2.45) is 0 Å². The highest BCUT2D eigenvalue weighted by Crippen LogP contribution is 2.20. The molecule has 0 unspecified atom stereocenters. The van der Waals surface area contributed by atoms with Gasteiger partial charge in [-0.2, -0.15) is 0 Å². The Morgan fingerprint density at radius 1 is 1.36 bits per heavy atom. The van der Waals surface area contributed by atoms with Crippen LogP contribution in [0.25, 0.3) is 0 Å². The topological polar surface area (TPSA) is 53.0 Å². The molecule has 0 aliphatic carbocycles. The Morgan fingerprint density at radius 3 is 2.64 bits per heavy atom. The van der Waals surface area contributed by atoms with Gasteiger partial charge >= 0.3 is 0 Å². The summed E-state index contributed by atoms with van der Waals surface area (Å²) in [5.41, 5.74) is 1.37. The molecule has 22 heavy (non-hydrogen) atoms. The van der Waals surface area contributed by atoms with Crippen molar-refractivity contribution < 1.29 is 14.6 Å². The van der Waals surface area contributed by atoms with Crippen LogP contribution in [0.5, 0.6) is 5.75 Å². The maximum absolute atomic E-state index is 12.5. The van der Waals surface area contributed by atoms with Gasteiger partial charge in [0.25, 0.3) is 5.91 Å². The van der Waals surface area contributed by atoms with E-state index in [2.05, 4.69) is 4.90 Å². The van der Waals surface area contributed by atoms with Gasteiger partial charge in [-0.15, -0.1) is 0 Å². The van der Waals surface area contributed by atoms with Gasteiger partial charge in [0.05, 0.1) is 12.7 Å². The van der Waals surface area contributed by atoms with E-state index in [0.29, 0.717) is 5.56 Å². The van der Waals surface area contributed by atoms with Gasteiger partial charge in [-0.25, -0.2) is 0 Å². The van der Waals surface area contributed by atoms with Crippen molar-refractivity contribution in [3.63, 3.8) is 0 Å². The van der Waals surface area contributed by atoms with Crippen LogP contribution in [0.15, 0.2) is 18.2 Å². The van der Waals surface area contributed by atoms with Gasteiger partial charge in [0.2, 0.25) is 0 Å². The van der Waals surface area contributed by atoms with Crippen LogP contribution in [-0.2, 0) is 4.74 Å². The summed E-state index contributed by atoms with van der Waals surface area (Å²) in [5, 5.41) is 9.55. The molecule has 0 aromatic heterocycles. The van der Waals surface area contributed by atoms with Crippen LogP contribution < -0.4 is 0 Å². The predicted octanol–water partition coefficient (Wildman–Crippen LogP) is 1.88.